The predicted molar refractivity (Wildman–Crippen MR) is 78.6 cm³/mol. The molecule has 106 valence electrons. The van der Waals surface area contributed by atoms with Crippen molar-refractivity contribution in [2.24, 2.45) is 5.92 Å². The highest BCUT2D eigenvalue weighted by atomic mass is 35.5. The lowest BCUT2D eigenvalue weighted by molar-refractivity contribution is -0.129. The molecule has 0 unspecified atom stereocenters. The van der Waals surface area contributed by atoms with Crippen LogP contribution in [0.2, 0.25) is 5.02 Å². The fourth-order valence-corrected chi connectivity index (χ4v) is 1.68. The Kier molecular flexibility index (Phi) is 6.16. The van der Waals surface area contributed by atoms with E-state index in [0.29, 0.717) is 23.1 Å². The molecule has 1 amide bonds. The first-order valence-electron chi connectivity index (χ1n) is 6.67. The molecular weight excluding hydrogens is 262 g/mol. The Labute approximate surface area is 120 Å². The van der Waals surface area contributed by atoms with Crippen LogP contribution >= 0.6 is 11.6 Å². The Morgan fingerprint density at radius 1 is 1.32 bits per heavy atom. The van der Waals surface area contributed by atoms with E-state index in [4.69, 9.17) is 16.3 Å². The van der Waals surface area contributed by atoms with Gasteiger partial charge in [0.2, 0.25) is 0 Å². The lowest BCUT2D eigenvalue weighted by atomic mass is 10.1. The maximum Gasteiger partial charge on any atom is 0.261 e. The predicted octanol–water partition coefficient (Wildman–Crippen LogP) is 3.66. The number of amides is 1. The number of halogens is 1. The average molecular weight is 284 g/mol. The fourth-order valence-electron chi connectivity index (χ4n) is 1.50. The number of rotatable bonds is 6. The van der Waals surface area contributed by atoms with Crippen LogP contribution in [0.15, 0.2) is 24.3 Å². The maximum absolute atomic E-state index is 12.1. The molecule has 1 rings (SSSR count). The van der Waals surface area contributed by atoms with Gasteiger partial charge in [0.25, 0.3) is 5.91 Å². The van der Waals surface area contributed by atoms with Crippen LogP contribution in [0.1, 0.15) is 34.1 Å². The molecule has 1 aromatic carbocycles. The lowest BCUT2D eigenvalue weighted by Crippen LogP contribution is -2.44. The third-order valence-electron chi connectivity index (χ3n) is 3.14. The third kappa shape index (κ3) is 4.75. The number of ether oxygens (including phenoxy) is 1. The molecule has 0 bridgehead atoms. The summed E-state index contributed by atoms with van der Waals surface area (Å²) in [6.07, 6.45) is 0.0862. The number of carbonyl (C=O) groups is 1. The zero-order valence-corrected chi connectivity index (χ0v) is 12.7. The zero-order chi connectivity index (χ0) is 14.4. The van der Waals surface area contributed by atoms with Crippen molar-refractivity contribution in [2.75, 3.05) is 0 Å². The summed E-state index contributed by atoms with van der Waals surface area (Å²) in [5.74, 6) is 0.841. The number of hydrogen-bond donors (Lipinski definition) is 1. The van der Waals surface area contributed by atoms with Crippen molar-refractivity contribution in [3.8, 4) is 5.75 Å². The van der Waals surface area contributed by atoms with Crippen LogP contribution in [0.3, 0.4) is 0 Å². The largest absolute Gasteiger partial charge is 0.479 e. The summed E-state index contributed by atoms with van der Waals surface area (Å²) >= 11 is 6.03. The Bertz CT molecular complexity index is 420. The van der Waals surface area contributed by atoms with E-state index in [1.165, 1.54) is 0 Å². The molecule has 19 heavy (non-hydrogen) atoms. The van der Waals surface area contributed by atoms with E-state index in [9.17, 15) is 4.79 Å². The van der Waals surface area contributed by atoms with Gasteiger partial charge < -0.3 is 10.1 Å². The van der Waals surface area contributed by atoms with Gasteiger partial charge in [-0.2, -0.15) is 0 Å². The summed E-state index contributed by atoms with van der Waals surface area (Å²) in [5.41, 5.74) is 0. The molecule has 0 aliphatic heterocycles. The standard InChI is InChI=1S/C15H22ClNO2/c1-5-13(15(18)17-11(4)10(2)3)19-14-9-7-6-8-12(14)16/h6-11,13H,5H2,1-4H3,(H,17,18)/t11-,13+/m1/s1. The highest BCUT2D eigenvalue weighted by Crippen LogP contribution is 2.24. The van der Waals surface area contributed by atoms with Gasteiger partial charge >= 0.3 is 0 Å². The van der Waals surface area contributed by atoms with Crippen LogP contribution in [0.4, 0.5) is 0 Å². The van der Waals surface area contributed by atoms with E-state index in [-0.39, 0.29) is 11.9 Å². The molecule has 4 heteroatoms. The Morgan fingerprint density at radius 3 is 2.47 bits per heavy atom. The van der Waals surface area contributed by atoms with Crippen LogP contribution in [-0.2, 0) is 4.79 Å². The highest BCUT2D eigenvalue weighted by Gasteiger charge is 2.21. The molecule has 0 fully saturated rings. The summed E-state index contributed by atoms with van der Waals surface area (Å²) in [5, 5.41) is 3.48. The SMILES string of the molecule is CC[C@H](Oc1ccccc1Cl)C(=O)N[C@H](C)C(C)C. The Morgan fingerprint density at radius 2 is 1.95 bits per heavy atom. The van der Waals surface area contributed by atoms with E-state index < -0.39 is 6.10 Å². The van der Waals surface area contributed by atoms with E-state index in [1.807, 2.05) is 26.0 Å². The van der Waals surface area contributed by atoms with Crippen molar-refractivity contribution in [3.05, 3.63) is 29.3 Å². The summed E-state index contributed by atoms with van der Waals surface area (Å²) in [6.45, 7) is 8.05. The minimum absolute atomic E-state index is 0.0939. The van der Waals surface area contributed by atoms with Gasteiger partial charge in [0.1, 0.15) is 5.75 Å². The molecule has 0 aliphatic carbocycles. The first-order valence-corrected chi connectivity index (χ1v) is 7.05. The monoisotopic (exact) mass is 283 g/mol. The average Bonchev–Trinajstić information content (AvgIpc) is 2.37. The number of nitrogens with one attached hydrogen (secondary N) is 1. The normalized spacial score (nSPS) is 14.0. The first-order chi connectivity index (χ1) is 8.95. The van der Waals surface area contributed by atoms with Crippen molar-refractivity contribution in [1.29, 1.82) is 0 Å². The molecule has 0 radical (unpaired) electrons. The van der Waals surface area contributed by atoms with Crippen LogP contribution in [0, 0.1) is 5.92 Å². The number of carbonyl (C=O) groups excluding carboxylic acids is 1. The van der Waals surface area contributed by atoms with Gasteiger partial charge in [0.15, 0.2) is 6.10 Å². The third-order valence-corrected chi connectivity index (χ3v) is 3.45. The maximum atomic E-state index is 12.1. The highest BCUT2D eigenvalue weighted by molar-refractivity contribution is 6.32. The number of hydrogen-bond acceptors (Lipinski definition) is 2. The van der Waals surface area contributed by atoms with Crippen molar-refractivity contribution in [2.45, 2.75) is 46.3 Å². The summed E-state index contributed by atoms with van der Waals surface area (Å²) in [6, 6.07) is 7.30. The van der Waals surface area contributed by atoms with E-state index >= 15 is 0 Å². The molecule has 1 N–H and O–H groups in total. The second-order valence-electron chi connectivity index (χ2n) is 4.99. The smallest absolute Gasteiger partial charge is 0.261 e. The van der Waals surface area contributed by atoms with Crippen LogP contribution in [0.25, 0.3) is 0 Å². The van der Waals surface area contributed by atoms with Gasteiger partial charge in [-0.3, -0.25) is 4.79 Å². The van der Waals surface area contributed by atoms with Gasteiger partial charge in [-0.15, -0.1) is 0 Å². The van der Waals surface area contributed by atoms with Crippen molar-refractivity contribution in [3.63, 3.8) is 0 Å². The van der Waals surface area contributed by atoms with E-state index in [1.54, 1.807) is 12.1 Å². The minimum Gasteiger partial charge on any atom is -0.479 e. The molecule has 1 aromatic rings. The molecule has 2 atom stereocenters. The number of benzene rings is 1. The van der Waals surface area contributed by atoms with Gasteiger partial charge in [-0.25, -0.2) is 0 Å². The van der Waals surface area contributed by atoms with E-state index in [2.05, 4.69) is 19.2 Å². The van der Waals surface area contributed by atoms with Crippen molar-refractivity contribution in [1.82, 2.24) is 5.32 Å². The zero-order valence-electron chi connectivity index (χ0n) is 11.9. The molecule has 0 heterocycles. The summed E-state index contributed by atoms with van der Waals surface area (Å²) in [4.78, 5) is 12.1. The van der Waals surface area contributed by atoms with Gasteiger partial charge in [0.05, 0.1) is 5.02 Å². The molecule has 0 saturated carbocycles. The summed E-state index contributed by atoms with van der Waals surface area (Å²) in [7, 11) is 0. The molecule has 0 saturated heterocycles. The van der Waals surface area contributed by atoms with Crippen LogP contribution in [-0.4, -0.2) is 18.1 Å². The van der Waals surface area contributed by atoms with Gasteiger partial charge in [0, 0.05) is 6.04 Å². The quantitative estimate of drug-likeness (QED) is 0.865. The van der Waals surface area contributed by atoms with Crippen LogP contribution < -0.4 is 10.1 Å². The van der Waals surface area contributed by atoms with Crippen molar-refractivity contribution < 1.29 is 9.53 Å². The molecule has 0 spiro atoms. The topological polar surface area (TPSA) is 38.3 Å². The number of para-hydroxylation sites is 1. The Balaban J connectivity index is 2.68. The van der Waals surface area contributed by atoms with Gasteiger partial charge in [-0.1, -0.05) is 44.5 Å². The van der Waals surface area contributed by atoms with Crippen LogP contribution in [0.5, 0.6) is 5.75 Å². The minimum atomic E-state index is -0.513. The summed E-state index contributed by atoms with van der Waals surface area (Å²) < 4.78 is 5.69. The Hall–Kier alpha value is -1.22. The molecule has 3 nitrogen and oxygen atoms in total. The molecular formula is C15H22ClNO2. The first kappa shape index (κ1) is 15.8. The van der Waals surface area contributed by atoms with E-state index in [0.717, 1.165) is 0 Å². The molecule has 0 aliphatic rings. The fraction of sp³-hybridized carbons (Fsp3) is 0.533. The second kappa shape index (κ2) is 7.39. The van der Waals surface area contributed by atoms with Gasteiger partial charge in [-0.05, 0) is 31.4 Å². The molecule has 0 aromatic heterocycles. The lowest BCUT2D eigenvalue weighted by Gasteiger charge is -2.22. The van der Waals surface area contributed by atoms with Crippen molar-refractivity contribution >= 4 is 17.5 Å². The second-order valence-corrected chi connectivity index (χ2v) is 5.39.